The summed E-state index contributed by atoms with van der Waals surface area (Å²) >= 11 is 5.67. The Balaban J connectivity index is 1.75. The summed E-state index contributed by atoms with van der Waals surface area (Å²) in [5.74, 6) is -6.61. The maximum absolute atomic E-state index is 14.4. The molecule has 74 heavy (non-hydrogen) atoms. The maximum Gasteiger partial charge on any atom is 0.326 e. The first-order chi connectivity index (χ1) is 34.9. The Labute approximate surface area is 443 Å². The van der Waals surface area contributed by atoms with E-state index in [1.807, 2.05) is 47.8 Å². The largest absolute Gasteiger partial charge is 0.508 e. The highest BCUT2D eigenvalue weighted by atomic mass is 32.2. The van der Waals surface area contributed by atoms with Crippen molar-refractivity contribution < 1.29 is 58.5 Å². The van der Waals surface area contributed by atoms with Crippen LogP contribution in [0.2, 0.25) is 0 Å². The van der Waals surface area contributed by atoms with Crippen LogP contribution in [-0.4, -0.2) is 153 Å². The summed E-state index contributed by atoms with van der Waals surface area (Å²) < 4.78 is 0. The summed E-state index contributed by atoms with van der Waals surface area (Å²) in [6, 6.07) is 3.01. The minimum Gasteiger partial charge on any atom is -0.508 e. The molecule has 1 aliphatic heterocycles. The van der Waals surface area contributed by atoms with Crippen LogP contribution in [0.3, 0.4) is 0 Å². The Kier molecular flexibility index (Phi) is 26.0. The van der Waals surface area contributed by atoms with Crippen molar-refractivity contribution in [3.8, 4) is 11.5 Å². The van der Waals surface area contributed by atoms with E-state index in [-0.39, 0.29) is 86.5 Å². The number of nitrogens with zero attached hydrogens (tertiary/aromatic N) is 1. The lowest BCUT2D eigenvalue weighted by Gasteiger charge is -2.31. The van der Waals surface area contributed by atoms with Crippen molar-refractivity contribution in [3.05, 3.63) is 59.7 Å². The molecule has 0 saturated carbocycles. The fourth-order valence-corrected chi connectivity index (χ4v) is 8.97. The number of hydrogen-bond acceptors (Lipinski definition) is 14. The zero-order chi connectivity index (χ0) is 55.2. The molecule has 0 bridgehead atoms. The second kappa shape index (κ2) is 31.0. The molecule has 8 amide bonds. The standard InChI is InChI=1S/C51H77N9O12S2/c1-28(2)21-37(56-44(64)35(52)24-31-10-14-33(61)15-11-31)46(66)55-36(18-20-74-7)50(70)60-19-8-9-42(60)49(69)58-39(25-32-12-16-34(62)17-13-32)45(65)53-26-43(63)54-41(27-73)48(68)57-38(22-29(3)4)47(67)59-40(51(71)72)23-30(5)6/h10-17,28-30,35-42,61-62,73H,8-9,18-27,52H2,1-7H3,(H,53,65)(H,54,63)(H,55,66)(H,56,64)(H,57,68)(H,58,69)(H,59,67)(H,71,72)/t35-,36-,37-,38-,39-,40-,41-,42-/m0/s1. The van der Waals surface area contributed by atoms with Crippen molar-refractivity contribution in [2.45, 2.75) is 141 Å². The first-order valence-electron chi connectivity index (χ1n) is 25.0. The Bertz CT molecular complexity index is 2220. The van der Waals surface area contributed by atoms with Crippen molar-refractivity contribution in [2.75, 3.05) is 30.9 Å². The molecule has 1 fully saturated rings. The van der Waals surface area contributed by atoms with Gasteiger partial charge in [0.15, 0.2) is 0 Å². The van der Waals surface area contributed by atoms with Crippen LogP contribution in [0.4, 0.5) is 0 Å². The van der Waals surface area contributed by atoms with Gasteiger partial charge in [-0.25, -0.2) is 4.79 Å². The average Bonchev–Trinajstić information content (AvgIpc) is 3.84. The van der Waals surface area contributed by atoms with Gasteiger partial charge in [0, 0.05) is 18.7 Å². The highest BCUT2D eigenvalue weighted by molar-refractivity contribution is 7.98. The Morgan fingerprint density at radius 2 is 1.11 bits per heavy atom. The number of phenolic OH excluding ortho intramolecular Hbond substituents is 2. The van der Waals surface area contributed by atoms with Crippen LogP contribution in [0.15, 0.2) is 48.5 Å². The van der Waals surface area contributed by atoms with Crippen LogP contribution in [0.25, 0.3) is 0 Å². The highest BCUT2D eigenvalue weighted by Gasteiger charge is 2.40. The number of hydrogen-bond donors (Lipinski definition) is 12. The first kappa shape index (κ1) is 62.2. The molecule has 1 heterocycles. The molecule has 8 atom stereocenters. The molecule has 1 aliphatic rings. The van der Waals surface area contributed by atoms with E-state index in [9.17, 15) is 58.5 Å². The molecule has 0 spiro atoms. The van der Waals surface area contributed by atoms with E-state index in [0.717, 1.165) is 0 Å². The summed E-state index contributed by atoms with van der Waals surface area (Å²) in [4.78, 5) is 123. The second-order valence-corrected chi connectivity index (χ2v) is 21.2. The maximum atomic E-state index is 14.4. The molecule has 23 heteroatoms. The molecule has 0 unspecified atom stereocenters. The molecule has 21 nitrogen and oxygen atoms in total. The highest BCUT2D eigenvalue weighted by Crippen LogP contribution is 2.22. The fraction of sp³-hybridized carbons (Fsp3) is 0.588. The number of phenols is 2. The number of rotatable bonds is 30. The topological polar surface area (TPSA) is 328 Å². The van der Waals surface area contributed by atoms with Crippen molar-refractivity contribution in [2.24, 2.45) is 23.5 Å². The summed E-state index contributed by atoms with van der Waals surface area (Å²) in [5, 5.41) is 47.6. The lowest BCUT2D eigenvalue weighted by molar-refractivity contribution is -0.143. The molecule has 2 aromatic rings. The van der Waals surface area contributed by atoms with E-state index >= 15 is 0 Å². The number of thiol groups is 1. The van der Waals surface area contributed by atoms with E-state index < -0.39 is 108 Å². The zero-order valence-electron chi connectivity index (χ0n) is 43.4. The Hall–Kier alpha value is -6.07. The number of thioether (sulfide) groups is 1. The minimum absolute atomic E-state index is 0.0414. The predicted molar refractivity (Wildman–Crippen MR) is 284 cm³/mol. The van der Waals surface area contributed by atoms with Crippen molar-refractivity contribution >= 4 is 77.6 Å². The molecule has 3 rings (SSSR count). The van der Waals surface area contributed by atoms with Crippen molar-refractivity contribution in [3.63, 3.8) is 0 Å². The molecule has 0 aliphatic carbocycles. The van der Waals surface area contributed by atoms with E-state index in [1.54, 1.807) is 24.3 Å². The number of carboxylic acids is 1. The lowest BCUT2D eigenvalue weighted by Crippen LogP contribution is -2.59. The Morgan fingerprint density at radius 1 is 0.635 bits per heavy atom. The van der Waals surface area contributed by atoms with Crippen molar-refractivity contribution in [1.29, 1.82) is 0 Å². The number of likely N-dealkylation sites (tertiary alicyclic amines) is 1. The lowest BCUT2D eigenvalue weighted by atomic mass is 10.0. The SMILES string of the molecule is CSCC[C@H](NC(=O)[C@H](CC(C)C)NC(=O)[C@@H](N)Cc1ccc(O)cc1)C(=O)N1CCC[C@H]1C(=O)N[C@@H](Cc1ccc(O)cc1)C(=O)NCC(=O)N[C@@H](CS)C(=O)N[C@@H](CC(C)C)C(=O)N[C@@H](CC(C)C)C(=O)O. The zero-order valence-corrected chi connectivity index (χ0v) is 45.1. The number of carbonyl (C=O) groups is 9. The number of amides is 8. The van der Waals surface area contributed by atoms with Crippen LogP contribution >= 0.6 is 24.4 Å². The van der Waals surface area contributed by atoms with Gasteiger partial charge in [0.05, 0.1) is 12.6 Å². The number of nitrogens with one attached hydrogen (secondary N) is 7. The van der Waals surface area contributed by atoms with E-state index in [0.29, 0.717) is 23.3 Å². The van der Waals surface area contributed by atoms with Gasteiger partial charge in [-0.3, -0.25) is 38.4 Å². The normalized spacial score (nSPS) is 16.2. The smallest absolute Gasteiger partial charge is 0.326 e. The fourth-order valence-electron chi connectivity index (χ4n) is 8.24. The third-order valence-corrected chi connectivity index (χ3v) is 13.1. The van der Waals surface area contributed by atoms with E-state index in [2.05, 4.69) is 49.8 Å². The number of nitrogens with two attached hydrogens (primary N) is 1. The number of aliphatic carboxylic acids is 1. The number of aromatic hydroxyl groups is 2. The van der Waals surface area contributed by atoms with Gasteiger partial charge in [0.25, 0.3) is 0 Å². The summed E-state index contributed by atoms with van der Waals surface area (Å²) in [7, 11) is 0. The van der Waals surface area contributed by atoms with Crippen LogP contribution in [0.5, 0.6) is 11.5 Å². The molecule has 1 saturated heterocycles. The summed E-state index contributed by atoms with van der Waals surface area (Å²) in [5.41, 5.74) is 7.46. The van der Waals surface area contributed by atoms with Gasteiger partial charge in [0.1, 0.15) is 53.8 Å². The van der Waals surface area contributed by atoms with E-state index in [1.165, 1.54) is 40.9 Å². The molecule has 0 radical (unpaired) electrons. The molecule has 410 valence electrons. The Morgan fingerprint density at radius 3 is 1.61 bits per heavy atom. The minimum atomic E-state index is -1.31. The van der Waals surface area contributed by atoms with Crippen LogP contribution in [-0.2, 0) is 56.0 Å². The number of carboxylic acid groups (broad SMARTS) is 1. The van der Waals surface area contributed by atoms with Gasteiger partial charge in [0.2, 0.25) is 47.3 Å². The van der Waals surface area contributed by atoms with Gasteiger partial charge in [-0.15, -0.1) is 0 Å². The quantitative estimate of drug-likeness (QED) is 0.0489. The van der Waals surface area contributed by atoms with Gasteiger partial charge in [-0.1, -0.05) is 65.8 Å². The number of carbonyl (C=O) groups excluding carboxylic acids is 8. The monoisotopic (exact) mass is 1070 g/mol. The second-order valence-electron chi connectivity index (χ2n) is 19.9. The average molecular weight is 1070 g/mol. The third kappa shape index (κ3) is 21.0. The van der Waals surface area contributed by atoms with Gasteiger partial charge in [-0.05, 0) is 110 Å². The van der Waals surface area contributed by atoms with Crippen LogP contribution < -0.4 is 43.0 Å². The van der Waals surface area contributed by atoms with Crippen LogP contribution in [0.1, 0.15) is 91.2 Å². The van der Waals surface area contributed by atoms with Gasteiger partial charge < -0.3 is 63.2 Å². The molecule has 12 N–H and O–H groups in total. The van der Waals surface area contributed by atoms with E-state index in [4.69, 9.17) is 5.73 Å². The van der Waals surface area contributed by atoms with Crippen molar-refractivity contribution in [1.82, 2.24) is 42.1 Å². The first-order valence-corrected chi connectivity index (χ1v) is 27.0. The predicted octanol–water partition coefficient (Wildman–Crippen LogP) is 1.13. The van der Waals surface area contributed by atoms with Gasteiger partial charge in [-0.2, -0.15) is 24.4 Å². The molecular formula is C51H77N9O12S2. The van der Waals surface area contributed by atoms with Gasteiger partial charge >= 0.3 is 5.97 Å². The summed E-state index contributed by atoms with van der Waals surface area (Å²) in [6.45, 7) is 10.5. The molecule has 0 aromatic heterocycles. The number of benzene rings is 2. The molecule has 2 aromatic carbocycles. The molecular weight excluding hydrogens is 995 g/mol. The summed E-state index contributed by atoms with van der Waals surface area (Å²) in [6.07, 6.45) is 3.28. The van der Waals surface area contributed by atoms with Crippen LogP contribution in [0, 0.1) is 17.8 Å². The third-order valence-electron chi connectivity index (χ3n) is 12.1.